The maximum atomic E-state index is 12.4. The summed E-state index contributed by atoms with van der Waals surface area (Å²) in [5, 5.41) is 11.4. The molecule has 3 rings (SSSR count). The number of amides is 1. The van der Waals surface area contributed by atoms with Gasteiger partial charge in [-0.25, -0.2) is 0 Å². The summed E-state index contributed by atoms with van der Waals surface area (Å²) in [4.78, 5) is 14.5. The van der Waals surface area contributed by atoms with Crippen LogP contribution in [0.25, 0.3) is 0 Å². The minimum Gasteiger partial charge on any atom is -0.408 e. The van der Waals surface area contributed by atoms with E-state index < -0.39 is 0 Å². The molecule has 1 saturated heterocycles. The van der Waals surface area contributed by atoms with E-state index in [4.69, 9.17) is 10.2 Å². The van der Waals surface area contributed by atoms with Gasteiger partial charge < -0.3 is 20.4 Å². The molecule has 0 bridgehead atoms. The summed E-state index contributed by atoms with van der Waals surface area (Å²) >= 11 is 0. The van der Waals surface area contributed by atoms with Crippen molar-refractivity contribution >= 4 is 11.9 Å². The van der Waals surface area contributed by atoms with E-state index in [2.05, 4.69) is 15.5 Å². The van der Waals surface area contributed by atoms with Gasteiger partial charge in [0.2, 0.25) is 11.8 Å². The summed E-state index contributed by atoms with van der Waals surface area (Å²) < 4.78 is 5.63. The Morgan fingerprint density at radius 3 is 2.62 bits per heavy atom. The van der Waals surface area contributed by atoms with Crippen LogP contribution in [0.5, 0.6) is 0 Å². The summed E-state index contributed by atoms with van der Waals surface area (Å²) in [6.45, 7) is 2.34. The monoisotopic (exact) mass is 335 g/mol. The van der Waals surface area contributed by atoms with E-state index in [9.17, 15) is 4.79 Å². The van der Waals surface area contributed by atoms with Gasteiger partial charge in [0, 0.05) is 31.5 Å². The molecule has 2 aliphatic rings. The first kappa shape index (κ1) is 17.2. The van der Waals surface area contributed by atoms with Crippen LogP contribution in [0.1, 0.15) is 57.3 Å². The molecule has 1 amide bonds. The number of aromatic nitrogens is 2. The van der Waals surface area contributed by atoms with E-state index >= 15 is 0 Å². The molecule has 1 aliphatic heterocycles. The lowest BCUT2D eigenvalue weighted by Gasteiger charge is -2.33. The molecule has 1 aromatic rings. The largest absolute Gasteiger partial charge is 0.408 e. The van der Waals surface area contributed by atoms with Crippen molar-refractivity contribution in [2.75, 3.05) is 25.0 Å². The van der Waals surface area contributed by atoms with Crippen molar-refractivity contribution in [2.45, 2.75) is 63.8 Å². The first-order valence-electron chi connectivity index (χ1n) is 9.34. The molecule has 0 spiro atoms. The lowest BCUT2D eigenvalue weighted by Crippen LogP contribution is -2.44. The number of nitrogens with two attached hydrogens (primary N) is 1. The fourth-order valence-electron chi connectivity index (χ4n) is 3.68. The Kier molecular flexibility index (Phi) is 6.07. The van der Waals surface area contributed by atoms with Crippen molar-refractivity contribution in [2.24, 2.45) is 11.7 Å². The molecule has 3 N–H and O–H groups in total. The third kappa shape index (κ3) is 4.47. The van der Waals surface area contributed by atoms with Crippen molar-refractivity contribution in [3.8, 4) is 0 Å². The second-order valence-electron chi connectivity index (χ2n) is 6.97. The van der Waals surface area contributed by atoms with Crippen LogP contribution in [0.4, 0.5) is 6.01 Å². The van der Waals surface area contributed by atoms with Gasteiger partial charge in [-0.05, 0) is 45.1 Å². The molecule has 1 aromatic heterocycles. The second-order valence-corrected chi connectivity index (χ2v) is 6.97. The summed E-state index contributed by atoms with van der Waals surface area (Å²) in [6.07, 6.45) is 9.15. The molecule has 7 nitrogen and oxygen atoms in total. The van der Waals surface area contributed by atoms with Crippen molar-refractivity contribution in [1.82, 2.24) is 15.1 Å². The molecule has 24 heavy (non-hydrogen) atoms. The fraction of sp³-hybridized carbons (Fsp3) is 0.824. The van der Waals surface area contributed by atoms with Gasteiger partial charge in [-0.2, -0.15) is 0 Å². The van der Waals surface area contributed by atoms with Crippen molar-refractivity contribution < 1.29 is 9.21 Å². The maximum absolute atomic E-state index is 12.4. The Balaban J connectivity index is 1.41. The number of rotatable bonds is 7. The molecule has 1 saturated carbocycles. The number of hydrogen-bond donors (Lipinski definition) is 2. The maximum Gasteiger partial charge on any atom is 0.315 e. The number of unbranched alkanes of at least 4 members (excludes halogenated alkanes) is 1. The highest BCUT2D eigenvalue weighted by Crippen LogP contribution is 2.28. The standard InChI is InChI=1S/C17H29N5O2/c18-10-4-3-7-15-20-21-17(24-15)19-14-8-11-22(12-9-14)16(23)13-5-1-2-6-13/h13-14H,1-12,18H2,(H,19,21). The van der Waals surface area contributed by atoms with Gasteiger partial charge in [-0.3, -0.25) is 4.79 Å². The van der Waals surface area contributed by atoms with Crippen molar-refractivity contribution in [3.63, 3.8) is 0 Å². The van der Waals surface area contributed by atoms with Gasteiger partial charge in [0.1, 0.15) is 0 Å². The van der Waals surface area contributed by atoms with Gasteiger partial charge in [-0.1, -0.05) is 17.9 Å². The second kappa shape index (κ2) is 8.46. The van der Waals surface area contributed by atoms with E-state index in [0.717, 1.165) is 58.0 Å². The summed E-state index contributed by atoms with van der Waals surface area (Å²) in [5.41, 5.74) is 5.49. The first-order valence-corrected chi connectivity index (χ1v) is 9.34. The van der Waals surface area contributed by atoms with E-state index in [-0.39, 0.29) is 5.92 Å². The highest BCUT2D eigenvalue weighted by Gasteiger charge is 2.30. The Morgan fingerprint density at radius 1 is 1.17 bits per heavy atom. The molecule has 1 aliphatic carbocycles. The van der Waals surface area contributed by atoms with Crippen molar-refractivity contribution in [3.05, 3.63) is 5.89 Å². The average Bonchev–Trinajstić information content (AvgIpc) is 3.27. The Bertz CT molecular complexity index is 519. The van der Waals surface area contributed by atoms with Crippen LogP contribution in [-0.4, -0.2) is 46.7 Å². The number of nitrogens with one attached hydrogen (secondary N) is 1. The van der Waals surface area contributed by atoms with Gasteiger partial charge in [-0.15, -0.1) is 5.10 Å². The van der Waals surface area contributed by atoms with Crippen LogP contribution in [0.2, 0.25) is 0 Å². The van der Waals surface area contributed by atoms with E-state index in [1.807, 2.05) is 4.90 Å². The smallest absolute Gasteiger partial charge is 0.315 e. The average molecular weight is 335 g/mol. The number of carbonyl (C=O) groups is 1. The number of likely N-dealkylation sites (tertiary alicyclic amines) is 1. The fourth-order valence-corrected chi connectivity index (χ4v) is 3.68. The highest BCUT2D eigenvalue weighted by atomic mass is 16.4. The minimum absolute atomic E-state index is 0.279. The Morgan fingerprint density at radius 2 is 1.92 bits per heavy atom. The first-order chi connectivity index (χ1) is 11.8. The zero-order valence-corrected chi connectivity index (χ0v) is 14.4. The van der Waals surface area contributed by atoms with Gasteiger partial charge in [0.05, 0.1) is 0 Å². The normalized spacial score (nSPS) is 19.8. The van der Waals surface area contributed by atoms with Crippen LogP contribution in [0.3, 0.4) is 0 Å². The number of carbonyl (C=O) groups excluding carboxylic acids is 1. The Labute approximate surface area is 143 Å². The number of anilines is 1. The van der Waals surface area contributed by atoms with Crippen LogP contribution in [0.15, 0.2) is 4.42 Å². The van der Waals surface area contributed by atoms with E-state index in [1.165, 1.54) is 12.8 Å². The van der Waals surface area contributed by atoms with E-state index in [0.29, 0.717) is 30.4 Å². The third-order valence-corrected chi connectivity index (χ3v) is 5.15. The quantitative estimate of drug-likeness (QED) is 0.739. The van der Waals surface area contributed by atoms with Crippen molar-refractivity contribution in [1.29, 1.82) is 0 Å². The molecular formula is C17H29N5O2. The van der Waals surface area contributed by atoms with Gasteiger partial charge in [0.25, 0.3) is 0 Å². The molecule has 0 aromatic carbocycles. The lowest BCUT2D eigenvalue weighted by molar-refractivity contribution is -0.136. The number of hydrogen-bond acceptors (Lipinski definition) is 6. The topological polar surface area (TPSA) is 97.3 Å². The molecule has 7 heteroatoms. The summed E-state index contributed by atoms with van der Waals surface area (Å²) in [7, 11) is 0. The molecular weight excluding hydrogens is 306 g/mol. The Hall–Kier alpha value is -1.63. The van der Waals surface area contributed by atoms with Crippen LogP contribution >= 0.6 is 0 Å². The van der Waals surface area contributed by atoms with E-state index in [1.54, 1.807) is 0 Å². The summed E-state index contributed by atoms with van der Waals surface area (Å²) in [5.74, 6) is 1.31. The lowest BCUT2D eigenvalue weighted by atomic mass is 10.0. The predicted molar refractivity (Wildman–Crippen MR) is 91.5 cm³/mol. The molecule has 2 heterocycles. The molecule has 134 valence electrons. The molecule has 2 fully saturated rings. The van der Waals surface area contributed by atoms with Gasteiger partial charge >= 0.3 is 6.01 Å². The SMILES string of the molecule is NCCCCc1nnc(NC2CCN(C(=O)C3CCCC3)CC2)o1. The van der Waals surface area contributed by atoms with Crippen LogP contribution < -0.4 is 11.1 Å². The summed E-state index contributed by atoms with van der Waals surface area (Å²) in [6, 6.07) is 0.799. The minimum atomic E-state index is 0.279. The highest BCUT2D eigenvalue weighted by molar-refractivity contribution is 5.79. The van der Waals surface area contributed by atoms with Crippen LogP contribution in [-0.2, 0) is 11.2 Å². The third-order valence-electron chi connectivity index (χ3n) is 5.15. The zero-order chi connectivity index (χ0) is 16.8. The zero-order valence-electron chi connectivity index (χ0n) is 14.4. The molecule has 0 atom stereocenters. The van der Waals surface area contributed by atoms with Gasteiger partial charge in [0.15, 0.2) is 0 Å². The molecule has 0 unspecified atom stereocenters. The predicted octanol–water partition coefficient (Wildman–Crippen LogP) is 1.94. The number of aryl methyl sites for hydroxylation is 1. The molecule has 0 radical (unpaired) electrons. The van der Waals surface area contributed by atoms with Crippen LogP contribution in [0, 0.1) is 5.92 Å². The number of piperidine rings is 1. The number of nitrogens with zero attached hydrogens (tertiary/aromatic N) is 3.